The predicted molar refractivity (Wildman–Crippen MR) is 95.2 cm³/mol. The van der Waals surface area contributed by atoms with Crippen LogP contribution in [0, 0.1) is 11.3 Å². The third-order valence-corrected chi connectivity index (χ3v) is 4.22. The summed E-state index contributed by atoms with van der Waals surface area (Å²) in [5.74, 6) is 0.631. The van der Waals surface area contributed by atoms with E-state index in [-0.39, 0.29) is 5.56 Å². The van der Waals surface area contributed by atoms with Gasteiger partial charge in [-0.1, -0.05) is 6.92 Å². The molecule has 0 radical (unpaired) electrons. The van der Waals surface area contributed by atoms with Crippen molar-refractivity contribution in [3.8, 4) is 11.8 Å². The molecule has 128 valence electrons. The first kappa shape index (κ1) is 17.0. The summed E-state index contributed by atoms with van der Waals surface area (Å²) in [5.41, 5.74) is 1.65. The van der Waals surface area contributed by atoms with Gasteiger partial charge in [0.1, 0.15) is 11.4 Å². The van der Waals surface area contributed by atoms with E-state index in [1.165, 1.54) is 10.6 Å². The van der Waals surface area contributed by atoms with Crippen LogP contribution in [-0.4, -0.2) is 15.3 Å². The molecule has 0 fully saturated rings. The van der Waals surface area contributed by atoms with E-state index in [1.54, 1.807) is 30.5 Å². The molecule has 1 aliphatic rings. The number of hydrogen-bond donors (Lipinski definition) is 1. The van der Waals surface area contributed by atoms with E-state index in [4.69, 9.17) is 4.74 Å². The lowest BCUT2D eigenvalue weighted by molar-refractivity contribution is 0.157. The highest BCUT2D eigenvalue weighted by molar-refractivity contribution is 5.74. The van der Waals surface area contributed by atoms with Crippen LogP contribution in [0.3, 0.4) is 0 Å². The van der Waals surface area contributed by atoms with Gasteiger partial charge in [0.15, 0.2) is 0 Å². The Kier molecular flexibility index (Phi) is 4.23. The van der Waals surface area contributed by atoms with Gasteiger partial charge in [-0.15, -0.1) is 0 Å². The van der Waals surface area contributed by atoms with Crippen LogP contribution in [0.15, 0.2) is 47.4 Å². The molecule has 0 bridgehead atoms. The molecule has 3 rings (SSSR count). The highest BCUT2D eigenvalue weighted by atomic mass is 16.5. The molecule has 1 unspecified atom stereocenters. The van der Waals surface area contributed by atoms with Crippen molar-refractivity contribution in [2.24, 2.45) is 0 Å². The molecule has 1 atom stereocenters. The number of nitrogens with zero attached hydrogens (tertiary/aromatic N) is 2. The number of aliphatic hydroxyl groups excluding tert-OH is 1. The van der Waals surface area contributed by atoms with Gasteiger partial charge >= 0.3 is 0 Å². The predicted octanol–water partition coefficient (Wildman–Crippen LogP) is 3.22. The van der Waals surface area contributed by atoms with Crippen LogP contribution < -0.4 is 10.3 Å². The lowest BCUT2D eigenvalue weighted by atomic mass is 9.97. The molecule has 0 saturated heterocycles. The van der Waals surface area contributed by atoms with Crippen LogP contribution in [0.4, 0.5) is 0 Å². The summed E-state index contributed by atoms with van der Waals surface area (Å²) >= 11 is 0. The highest BCUT2D eigenvalue weighted by Gasteiger charge is 2.28. The standard InChI is InChI=1S/C20H20N2O3/c1-4-17(23)14-7-8-22(19(24)10-14)16-11-20(2,3)25-18-6-5-13(12-21)9-15(16)18/h5-11,17,23H,4H2,1-3H3. The number of hydrogen-bond acceptors (Lipinski definition) is 4. The van der Waals surface area contributed by atoms with Crippen LogP contribution in [0.2, 0.25) is 0 Å². The van der Waals surface area contributed by atoms with E-state index in [0.29, 0.717) is 34.6 Å². The number of ether oxygens (including phenoxy) is 1. The van der Waals surface area contributed by atoms with Crippen LogP contribution in [0.1, 0.15) is 50.0 Å². The monoisotopic (exact) mass is 336 g/mol. The number of benzene rings is 1. The number of fused-ring (bicyclic) bond motifs is 1. The smallest absolute Gasteiger partial charge is 0.255 e. The molecular weight excluding hydrogens is 316 g/mol. The Labute approximate surface area is 146 Å². The van der Waals surface area contributed by atoms with Gasteiger partial charge in [-0.05, 0) is 56.2 Å². The van der Waals surface area contributed by atoms with Crippen LogP contribution in [0.25, 0.3) is 5.70 Å². The average Bonchev–Trinajstić information content (AvgIpc) is 2.59. The third-order valence-electron chi connectivity index (χ3n) is 4.22. The van der Waals surface area contributed by atoms with Crippen molar-refractivity contribution in [2.75, 3.05) is 0 Å². The topological polar surface area (TPSA) is 75.2 Å². The summed E-state index contributed by atoms with van der Waals surface area (Å²) in [6.07, 6.45) is 3.42. The lowest BCUT2D eigenvalue weighted by Crippen LogP contribution is -2.32. The van der Waals surface area contributed by atoms with Gasteiger partial charge in [0, 0.05) is 17.8 Å². The minimum atomic E-state index is -0.653. The molecule has 0 saturated carbocycles. The third kappa shape index (κ3) is 3.21. The molecular formula is C20H20N2O3. The number of nitriles is 1. The number of aromatic nitrogens is 1. The summed E-state index contributed by atoms with van der Waals surface area (Å²) in [6, 6.07) is 10.5. The average molecular weight is 336 g/mol. The molecule has 1 aromatic carbocycles. The molecule has 5 heteroatoms. The zero-order chi connectivity index (χ0) is 18.2. The lowest BCUT2D eigenvalue weighted by Gasteiger charge is -2.31. The minimum absolute atomic E-state index is 0.234. The Morgan fingerprint density at radius 1 is 1.32 bits per heavy atom. The summed E-state index contributed by atoms with van der Waals surface area (Å²) in [6.45, 7) is 5.68. The summed E-state index contributed by atoms with van der Waals surface area (Å²) in [4.78, 5) is 12.6. The Morgan fingerprint density at radius 2 is 2.08 bits per heavy atom. The normalized spacial score (nSPS) is 16.2. The second kappa shape index (κ2) is 6.23. The van der Waals surface area contributed by atoms with E-state index < -0.39 is 11.7 Å². The van der Waals surface area contributed by atoms with Gasteiger partial charge in [0.05, 0.1) is 23.4 Å². The van der Waals surface area contributed by atoms with Crippen LogP contribution >= 0.6 is 0 Å². The van der Waals surface area contributed by atoms with Crippen LogP contribution in [0.5, 0.6) is 5.75 Å². The Balaban J connectivity index is 2.18. The molecule has 5 nitrogen and oxygen atoms in total. The van der Waals surface area contributed by atoms with Crippen molar-refractivity contribution in [1.29, 1.82) is 5.26 Å². The number of pyridine rings is 1. The van der Waals surface area contributed by atoms with Crippen molar-refractivity contribution < 1.29 is 9.84 Å². The second-order valence-electron chi connectivity index (χ2n) is 6.65. The van der Waals surface area contributed by atoms with Gasteiger partial charge in [0.25, 0.3) is 5.56 Å². The molecule has 0 aliphatic carbocycles. The van der Waals surface area contributed by atoms with Crippen molar-refractivity contribution in [2.45, 2.75) is 38.9 Å². The summed E-state index contributed by atoms with van der Waals surface area (Å²) in [7, 11) is 0. The molecule has 0 spiro atoms. The SMILES string of the molecule is CCC(O)c1ccn(C2=CC(C)(C)Oc3ccc(C#N)cc32)c(=O)c1. The largest absolute Gasteiger partial charge is 0.483 e. The van der Waals surface area contributed by atoms with Gasteiger partial charge in [0.2, 0.25) is 0 Å². The zero-order valence-electron chi connectivity index (χ0n) is 14.5. The Bertz CT molecular complexity index is 948. The fourth-order valence-electron chi connectivity index (χ4n) is 2.94. The molecule has 25 heavy (non-hydrogen) atoms. The summed E-state index contributed by atoms with van der Waals surface area (Å²) in [5, 5.41) is 19.1. The van der Waals surface area contributed by atoms with E-state index in [1.807, 2.05) is 26.8 Å². The van der Waals surface area contributed by atoms with Crippen molar-refractivity contribution in [3.63, 3.8) is 0 Å². The Hall–Kier alpha value is -2.84. The first-order chi connectivity index (χ1) is 11.8. The first-order valence-electron chi connectivity index (χ1n) is 8.22. The van der Waals surface area contributed by atoms with E-state index >= 15 is 0 Å². The molecule has 1 aromatic heterocycles. The maximum atomic E-state index is 12.6. The molecule has 0 amide bonds. The summed E-state index contributed by atoms with van der Waals surface area (Å²) < 4.78 is 7.47. The minimum Gasteiger partial charge on any atom is -0.483 e. The maximum Gasteiger partial charge on any atom is 0.255 e. The van der Waals surface area contributed by atoms with Gasteiger partial charge in [-0.3, -0.25) is 9.36 Å². The second-order valence-corrected chi connectivity index (χ2v) is 6.65. The number of aliphatic hydroxyl groups is 1. The first-order valence-corrected chi connectivity index (χ1v) is 8.22. The molecule has 1 aliphatic heterocycles. The molecule has 2 heterocycles. The van der Waals surface area contributed by atoms with Gasteiger partial charge in [-0.2, -0.15) is 5.26 Å². The Morgan fingerprint density at radius 3 is 2.72 bits per heavy atom. The maximum absolute atomic E-state index is 12.6. The van der Waals surface area contributed by atoms with E-state index in [0.717, 1.165) is 0 Å². The van der Waals surface area contributed by atoms with Crippen LogP contribution in [-0.2, 0) is 0 Å². The fraction of sp³-hybridized carbons (Fsp3) is 0.300. The van der Waals surface area contributed by atoms with E-state index in [9.17, 15) is 15.2 Å². The quantitative estimate of drug-likeness (QED) is 0.934. The fourth-order valence-corrected chi connectivity index (χ4v) is 2.94. The van der Waals surface area contributed by atoms with Crippen molar-refractivity contribution >= 4 is 5.70 Å². The number of rotatable bonds is 3. The van der Waals surface area contributed by atoms with E-state index in [2.05, 4.69) is 6.07 Å². The zero-order valence-corrected chi connectivity index (χ0v) is 14.5. The van der Waals surface area contributed by atoms with Gasteiger partial charge < -0.3 is 9.84 Å². The van der Waals surface area contributed by atoms with Crippen molar-refractivity contribution in [1.82, 2.24) is 4.57 Å². The van der Waals surface area contributed by atoms with Crippen molar-refractivity contribution in [3.05, 3.63) is 69.6 Å². The molecule has 1 N–H and O–H groups in total. The highest BCUT2D eigenvalue weighted by Crippen LogP contribution is 2.36. The van der Waals surface area contributed by atoms with Gasteiger partial charge in [-0.25, -0.2) is 0 Å². The molecule has 2 aromatic rings.